The monoisotopic (exact) mass is 579 g/mol. The average molecular weight is 580 g/mol. The van der Waals surface area contributed by atoms with Crippen molar-refractivity contribution in [2.45, 2.75) is 70.6 Å². The lowest BCUT2D eigenvalue weighted by Gasteiger charge is -2.28. The number of rotatable bonds is 12. The molecule has 2 fully saturated rings. The van der Waals surface area contributed by atoms with Crippen LogP contribution in [0.1, 0.15) is 52.0 Å². The Morgan fingerprint density at radius 1 is 1.07 bits per heavy atom. The zero-order valence-electron chi connectivity index (χ0n) is 24.2. The maximum absolute atomic E-state index is 13.7. The van der Waals surface area contributed by atoms with Crippen molar-refractivity contribution in [2.75, 3.05) is 17.7 Å². The van der Waals surface area contributed by atoms with E-state index in [0.29, 0.717) is 29.1 Å². The number of nitrogens with one attached hydrogen (secondary N) is 3. The predicted octanol–water partition coefficient (Wildman–Crippen LogP) is 4.03. The second kappa shape index (κ2) is 12.5. The van der Waals surface area contributed by atoms with Crippen LogP contribution in [0, 0.1) is 5.92 Å². The number of imide groups is 1. The van der Waals surface area contributed by atoms with Gasteiger partial charge >= 0.3 is 18.0 Å². The van der Waals surface area contributed by atoms with Crippen LogP contribution in [0.25, 0.3) is 0 Å². The molecular formula is C30H37N5O7. The first kappa shape index (κ1) is 30.4. The molecule has 1 heterocycles. The molecule has 4 rings (SSSR count). The number of ether oxygens (including phenoxy) is 1. The quantitative estimate of drug-likeness (QED) is 0.277. The summed E-state index contributed by atoms with van der Waals surface area (Å²) < 4.78 is 5.49. The molecule has 2 atom stereocenters. The summed E-state index contributed by atoms with van der Waals surface area (Å²) in [4.78, 5) is 66.6. The lowest BCUT2D eigenvalue weighted by Crippen LogP contribution is -2.52. The van der Waals surface area contributed by atoms with E-state index in [1.165, 1.54) is 12.0 Å². The van der Waals surface area contributed by atoms with Crippen molar-refractivity contribution in [1.82, 2.24) is 15.1 Å². The smallest absolute Gasteiger partial charge is 0.328 e. The van der Waals surface area contributed by atoms with Crippen LogP contribution in [0.4, 0.5) is 21.0 Å². The molecule has 1 aliphatic heterocycles. The molecule has 0 aromatic heterocycles. The molecule has 4 N–H and O–H groups in total. The van der Waals surface area contributed by atoms with Crippen molar-refractivity contribution in [3.8, 4) is 5.75 Å². The maximum Gasteiger partial charge on any atom is 0.328 e. The second-order valence-electron chi connectivity index (χ2n) is 11.3. The van der Waals surface area contributed by atoms with Crippen LogP contribution in [0.5, 0.6) is 5.75 Å². The summed E-state index contributed by atoms with van der Waals surface area (Å²) in [6.07, 6.45) is 1.86. The third-order valence-corrected chi connectivity index (χ3v) is 7.48. The van der Waals surface area contributed by atoms with Crippen LogP contribution in [0.3, 0.4) is 0 Å². The van der Waals surface area contributed by atoms with Gasteiger partial charge in [0.2, 0.25) is 5.91 Å². The number of methoxy groups -OCH3 is 1. The molecule has 2 aliphatic rings. The van der Waals surface area contributed by atoms with Crippen LogP contribution >= 0.6 is 0 Å². The molecule has 1 saturated heterocycles. The summed E-state index contributed by atoms with van der Waals surface area (Å²) in [5, 5.41) is 17.2. The predicted molar refractivity (Wildman–Crippen MR) is 155 cm³/mol. The number of carboxylic acid groups (broad SMARTS) is 1. The molecule has 12 nitrogen and oxygen atoms in total. The van der Waals surface area contributed by atoms with Gasteiger partial charge in [0.25, 0.3) is 5.91 Å². The second-order valence-corrected chi connectivity index (χ2v) is 11.3. The number of urea groups is 2. The Labute approximate surface area is 244 Å². The van der Waals surface area contributed by atoms with E-state index in [4.69, 9.17) is 9.84 Å². The molecule has 12 heteroatoms. The van der Waals surface area contributed by atoms with Gasteiger partial charge in [-0.1, -0.05) is 37.1 Å². The van der Waals surface area contributed by atoms with Crippen LogP contribution in [0.2, 0.25) is 0 Å². The van der Waals surface area contributed by atoms with Crippen molar-refractivity contribution in [3.63, 3.8) is 0 Å². The molecule has 2 aromatic rings. The fourth-order valence-electron chi connectivity index (χ4n) is 4.98. The number of para-hydroxylation sites is 1. The van der Waals surface area contributed by atoms with E-state index in [9.17, 15) is 24.0 Å². The number of anilines is 2. The van der Waals surface area contributed by atoms with Crippen molar-refractivity contribution < 1.29 is 33.8 Å². The summed E-state index contributed by atoms with van der Waals surface area (Å²) in [5.41, 5.74) is 0.442. The SMILES string of the molecule is COc1cc(CN2C(=O)N([C@@H](CC3CC3)C(=O)NC(C)CC(=O)O)C(=O)C2(C)C)ccc1NC(=O)Nc1ccccc1. The van der Waals surface area contributed by atoms with E-state index in [-0.39, 0.29) is 18.9 Å². The Morgan fingerprint density at radius 2 is 1.76 bits per heavy atom. The van der Waals surface area contributed by atoms with Gasteiger partial charge < -0.3 is 30.7 Å². The van der Waals surface area contributed by atoms with Gasteiger partial charge in [-0.3, -0.25) is 14.4 Å². The normalized spacial score (nSPS) is 17.4. The van der Waals surface area contributed by atoms with Crippen LogP contribution in [-0.2, 0) is 20.9 Å². The van der Waals surface area contributed by atoms with Crippen LogP contribution < -0.4 is 20.7 Å². The van der Waals surface area contributed by atoms with E-state index in [1.807, 2.05) is 6.07 Å². The highest BCUT2D eigenvalue weighted by atomic mass is 16.5. The number of aliphatic carboxylic acids is 1. The van der Waals surface area contributed by atoms with Crippen molar-refractivity contribution in [3.05, 3.63) is 54.1 Å². The van der Waals surface area contributed by atoms with Gasteiger partial charge in [-0.05, 0) is 62.9 Å². The van der Waals surface area contributed by atoms with Gasteiger partial charge in [0.1, 0.15) is 17.3 Å². The molecule has 0 spiro atoms. The van der Waals surface area contributed by atoms with Crippen LogP contribution in [-0.4, -0.2) is 69.5 Å². The third-order valence-electron chi connectivity index (χ3n) is 7.48. The Kier molecular flexibility index (Phi) is 9.03. The molecule has 1 unspecified atom stereocenters. The fraction of sp³-hybridized carbons (Fsp3) is 0.433. The number of carbonyl (C=O) groups is 5. The molecule has 2 aromatic carbocycles. The zero-order chi connectivity index (χ0) is 30.6. The molecular weight excluding hydrogens is 542 g/mol. The first-order chi connectivity index (χ1) is 19.9. The van der Waals surface area contributed by atoms with Gasteiger partial charge in [-0.2, -0.15) is 0 Å². The molecule has 1 saturated carbocycles. The summed E-state index contributed by atoms with van der Waals surface area (Å²) in [5.74, 6) is -1.52. The van der Waals surface area contributed by atoms with Gasteiger partial charge in [-0.15, -0.1) is 0 Å². The third kappa shape index (κ3) is 6.99. The Hall–Kier alpha value is -4.61. The number of carbonyl (C=O) groups excluding carboxylic acids is 4. The van der Waals surface area contributed by atoms with Crippen molar-refractivity contribution in [1.29, 1.82) is 0 Å². The average Bonchev–Trinajstić information content (AvgIpc) is 3.73. The minimum atomic E-state index is -1.24. The molecule has 0 bridgehead atoms. The number of hydrogen-bond donors (Lipinski definition) is 4. The lowest BCUT2D eigenvalue weighted by molar-refractivity contribution is -0.140. The highest BCUT2D eigenvalue weighted by Crippen LogP contribution is 2.38. The van der Waals surface area contributed by atoms with Gasteiger partial charge in [-0.25, -0.2) is 14.5 Å². The molecule has 0 radical (unpaired) electrons. The number of hydrogen-bond acceptors (Lipinski definition) is 6. The summed E-state index contributed by atoms with van der Waals surface area (Å²) in [7, 11) is 1.46. The minimum absolute atomic E-state index is 0.0497. The topological polar surface area (TPSA) is 157 Å². The Bertz CT molecular complexity index is 1360. The number of nitrogens with zero attached hydrogens (tertiary/aromatic N) is 2. The van der Waals surface area contributed by atoms with Crippen molar-refractivity contribution in [2.24, 2.45) is 5.92 Å². The van der Waals surface area contributed by atoms with Gasteiger partial charge in [0.05, 0.1) is 19.2 Å². The Morgan fingerprint density at radius 3 is 2.38 bits per heavy atom. The zero-order valence-corrected chi connectivity index (χ0v) is 24.2. The van der Waals surface area contributed by atoms with Gasteiger partial charge in [0.15, 0.2) is 0 Å². The fourth-order valence-corrected chi connectivity index (χ4v) is 4.98. The Balaban J connectivity index is 1.51. The molecule has 6 amide bonds. The first-order valence-corrected chi connectivity index (χ1v) is 13.9. The summed E-state index contributed by atoms with van der Waals surface area (Å²) in [6.45, 7) is 4.89. The first-order valence-electron chi connectivity index (χ1n) is 13.9. The maximum atomic E-state index is 13.7. The standard InChI is InChI=1S/C30H37N5O7/c1-18(14-25(36)37)31-26(38)23(15-19-10-11-19)35-27(39)30(2,3)34(29(35)41)17-20-12-13-22(24(16-20)42-4)33-28(40)32-21-8-6-5-7-9-21/h5-9,12-13,16,18-19,23H,10-11,14-15,17H2,1-4H3,(H,31,38)(H,36,37)(H2,32,33,40)/t18?,23-/m0/s1. The minimum Gasteiger partial charge on any atom is -0.495 e. The van der Waals surface area contributed by atoms with E-state index in [0.717, 1.165) is 17.7 Å². The summed E-state index contributed by atoms with van der Waals surface area (Å²) in [6, 6.07) is 11.3. The highest BCUT2D eigenvalue weighted by molar-refractivity contribution is 6.09. The van der Waals surface area contributed by atoms with E-state index >= 15 is 0 Å². The van der Waals surface area contributed by atoms with Crippen molar-refractivity contribution >= 4 is 41.2 Å². The molecule has 224 valence electrons. The van der Waals surface area contributed by atoms with E-state index < -0.39 is 47.5 Å². The number of amides is 6. The number of benzene rings is 2. The lowest BCUT2D eigenvalue weighted by atomic mass is 10.0. The van der Waals surface area contributed by atoms with Crippen LogP contribution in [0.15, 0.2) is 48.5 Å². The largest absolute Gasteiger partial charge is 0.495 e. The summed E-state index contributed by atoms with van der Waals surface area (Å²) >= 11 is 0. The highest BCUT2D eigenvalue weighted by Gasteiger charge is 2.55. The van der Waals surface area contributed by atoms with E-state index in [2.05, 4.69) is 16.0 Å². The molecule has 42 heavy (non-hydrogen) atoms. The van der Waals surface area contributed by atoms with E-state index in [1.54, 1.807) is 63.2 Å². The van der Waals surface area contributed by atoms with Gasteiger partial charge in [0, 0.05) is 18.3 Å². The molecule has 1 aliphatic carbocycles. The number of carboxylic acids is 1.